The van der Waals surface area contributed by atoms with Crippen molar-refractivity contribution in [3.8, 4) is 0 Å². The van der Waals surface area contributed by atoms with Gasteiger partial charge >= 0.3 is 0 Å². The first-order chi connectivity index (χ1) is 7.54. The molecule has 0 fully saturated rings. The number of anilines is 1. The predicted octanol–water partition coefficient (Wildman–Crippen LogP) is 2.15. The molecule has 1 aromatic carbocycles. The monoisotopic (exact) mass is 295 g/mol. The molecule has 1 aromatic rings. The van der Waals surface area contributed by atoms with Gasteiger partial charge < -0.3 is 15.2 Å². The summed E-state index contributed by atoms with van der Waals surface area (Å²) in [5, 5.41) is 11.9. The number of ether oxygens (including phenoxy) is 1. The Kier molecular flexibility index (Phi) is 5.11. The van der Waals surface area contributed by atoms with Crippen LogP contribution < -0.4 is 5.32 Å². The molecular formula is C10H12BrF2NO2. The van der Waals surface area contributed by atoms with Crippen molar-refractivity contribution >= 4 is 21.6 Å². The van der Waals surface area contributed by atoms with Gasteiger partial charge in [-0.15, -0.1) is 0 Å². The molecule has 0 aliphatic rings. The first-order valence-electron chi connectivity index (χ1n) is 4.60. The molecule has 0 aromatic heterocycles. The zero-order valence-corrected chi connectivity index (χ0v) is 10.2. The van der Waals surface area contributed by atoms with Gasteiger partial charge in [-0.05, 0) is 22.0 Å². The van der Waals surface area contributed by atoms with Crippen molar-refractivity contribution in [3.63, 3.8) is 0 Å². The molecule has 6 heteroatoms. The summed E-state index contributed by atoms with van der Waals surface area (Å²) in [6.07, 6.45) is -0.767. The highest BCUT2D eigenvalue weighted by atomic mass is 79.9. The summed E-state index contributed by atoms with van der Waals surface area (Å²) in [5.74, 6) is -1.15. The Hall–Kier alpha value is -0.720. The molecule has 0 aliphatic carbocycles. The van der Waals surface area contributed by atoms with E-state index < -0.39 is 17.7 Å². The zero-order chi connectivity index (χ0) is 12.1. The van der Waals surface area contributed by atoms with E-state index in [9.17, 15) is 13.9 Å². The molecular weight excluding hydrogens is 284 g/mol. The van der Waals surface area contributed by atoms with Gasteiger partial charge in [0, 0.05) is 19.7 Å². The largest absolute Gasteiger partial charge is 0.389 e. The smallest absolute Gasteiger partial charge is 0.147 e. The van der Waals surface area contributed by atoms with Gasteiger partial charge in [-0.25, -0.2) is 8.78 Å². The number of hydrogen-bond acceptors (Lipinski definition) is 3. The van der Waals surface area contributed by atoms with Crippen LogP contribution in [0, 0.1) is 11.6 Å². The first kappa shape index (κ1) is 13.3. The minimum absolute atomic E-state index is 0.0100. The fourth-order valence-electron chi connectivity index (χ4n) is 1.14. The van der Waals surface area contributed by atoms with Gasteiger partial charge in [0.1, 0.15) is 11.6 Å². The maximum Gasteiger partial charge on any atom is 0.147 e. The van der Waals surface area contributed by atoms with Crippen molar-refractivity contribution in [2.24, 2.45) is 0 Å². The second-order valence-corrected chi connectivity index (χ2v) is 4.09. The highest BCUT2D eigenvalue weighted by molar-refractivity contribution is 9.10. The number of benzene rings is 1. The van der Waals surface area contributed by atoms with Crippen LogP contribution in [0.5, 0.6) is 0 Å². The van der Waals surface area contributed by atoms with Gasteiger partial charge in [-0.2, -0.15) is 0 Å². The van der Waals surface area contributed by atoms with E-state index in [1.807, 2.05) is 0 Å². The van der Waals surface area contributed by atoms with Crippen LogP contribution in [0.15, 0.2) is 16.6 Å². The number of rotatable bonds is 5. The molecule has 90 valence electrons. The molecule has 2 N–H and O–H groups in total. The molecule has 16 heavy (non-hydrogen) atoms. The number of aliphatic hydroxyl groups excluding tert-OH is 1. The average Bonchev–Trinajstić information content (AvgIpc) is 2.22. The van der Waals surface area contributed by atoms with Crippen molar-refractivity contribution in [1.29, 1.82) is 0 Å². The Bertz CT molecular complexity index is 363. The van der Waals surface area contributed by atoms with Gasteiger partial charge in [0.25, 0.3) is 0 Å². The normalized spacial score (nSPS) is 12.6. The first-order valence-corrected chi connectivity index (χ1v) is 5.39. The lowest BCUT2D eigenvalue weighted by Crippen LogP contribution is -2.24. The van der Waals surface area contributed by atoms with Crippen molar-refractivity contribution in [3.05, 3.63) is 28.2 Å². The molecule has 3 nitrogen and oxygen atoms in total. The third-order valence-electron chi connectivity index (χ3n) is 1.90. The Balaban J connectivity index is 2.63. The van der Waals surface area contributed by atoms with Gasteiger partial charge in [-0.1, -0.05) is 0 Å². The van der Waals surface area contributed by atoms with Crippen LogP contribution in [0.1, 0.15) is 0 Å². The summed E-state index contributed by atoms with van der Waals surface area (Å²) >= 11 is 2.87. The van der Waals surface area contributed by atoms with Crippen LogP contribution in [0.4, 0.5) is 14.5 Å². The van der Waals surface area contributed by atoms with Gasteiger partial charge in [-0.3, -0.25) is 0 Å². The van der Waals surface area contributed by atoms with E-state index in [1.54, 1.807) is 0 Å². The highest BCUT2D eigenvalue weighted by Gasteiger charge is 2.09. The minimum atomic E-state index is -0.767. The Labute approximate surface area is 101 Å². The number of nitrogens with one attached hydrogen (secondary N) is 1. The topological polar surface area (TPSA) is 41.5 Å². The molecule has 1 unspecified atom stereocenters. The van der Waals surface area contributed by atoms with Gasteiger partial charge in [0.05, 0.1) is 22.9 Å². The summed E-state index contributed by atoms with van der Waals surface area (Å²) in [6.45, 7) is 0.222. The van der Waals surface area contributed by atoms with Crippen LogP contribution >= 0.6 is 15.9 Å². The molecule has 0 amide bonds. The molecule has 0 aliphatic heterocycles. The lowest BCUT2D eigenvalue weighted by atomic mass is 10.2. The van der Waals surface area contributed by atoms with Crippen molar-refractivity contribution < 1.29 is 18.6 Å². The Morgan fingerprint density at radius 1 is 1.44 bits per heavy atom. The summed E-state index contributed by atoms with van der Waals surface area (Å²) in [7, 11) is 1.45. The van der Waals surface area contributed by atoms with E-state index in [-0.39, 0.29) is 23.3 Å². The van der Waals surface area contributed by atoms with Crippen molar-refractivity contribution in [1.82, 2.24) is 0 Å². The zero-order valence-electron chi connectivity index (χ0n) is 8.64. The third kappa shape index (κ3) is 3.70. The number of aliphatic hydroxyl groups is 1. The number of hydrogen-bond donors (Lipinski definition) is 2. The van der Waals surface area contributed by atoms with Crippen molar-refractivity contribution in [2.75, 3.05) is 25.6 Å². The van der Waals surface area contributed by atoms with E-state index in [1.165, 1.54) is 7.11 Å². The van der Waals surface area contributed by atoms with Crippen LogP contribution in [-0.4, -0.2) is 31.5 Å². The molecule has 0 heterocycles. The van der Waals surface area contributed by atoms with Crippen LogP contribution in [0.3, 0.4) is 0 Å². The van der Waals surface area contributed by atoms with E-state index in [0.29, 0.717) is 0 Å². The summed E-state index contributed by atoms with van der Waals surface area (Å²) < 4.78 is 31.1. The van der Waals surface area contributed by atoms with Crippen LogP contribution in [0.2, 0.25) is 0 Å². The maximum atomic E-state index is 13.3. The summed E-state index contributed by atoms with van der Waals surface area (Å²) in [4.78, 5) is 0. The second kappa shape index (κ2) is 6.12. The summed E-state index contributed by atoms with van der Waals surface area (Å²) in [5.41, 5.74) is 0.0100. The standard InChI is InChI=1S/C10H12BrF2NO2/c1-16-5-6(15)4-14-10-3-8(12)7(11)2-9(10)13/h2-3,6,14-15H,4-5H2,1H3. The Morgan fingerprint density at radius 2 is 2.12 bits per heavy atom. The number of halogens is 3. The maximum absolute atomic E-state index is 13.3. The van der Waals surface area contributed by atoms with Crippen LogP contribution in [-0.2, 0) is 4.74 Å². The number of methoxy groups -OCH3 is 1. The summed E-state index contributed by atoms with van der Waals surface area (Å²) in [6, 6.07) is 2.05. The van der Waals surface area contributed by atoms with E-state index >= 15 is 0 Å². The molecule has 1 rings (SSSR count). The molecule has 0 bridgehead atoms. The fraction of sp³-hybridized carbons (Fsp3) is 0.400. The van der Waals surface area contributed by atoms with Gasteiger partial charge in [0.2, 0.25) is 0 Å². The second-order valence-electron chi connectivity index (χ2n) is 3.24. The highest BCUT2D eigenvalue weighted by Crippen LogP contribution is 2.23. The molecule has 0 saturated heterocycles. The lowest BCUT2D eigenvalue weighted by Gasteiger charge is -2.12. The van der Waals surface area contributed by atoms with E-state index in [4.69, 9.17) is 4.74 Å². The molecule has 0 saturated carbocycles. The lowest BCUT2D eigenvalue weighted by molar-refractivity contribution is 0.0727. The van der Waals surface area contributed by atoms with Crippen LogP contribution in [0.25, 0.3) is 0 Å². The quantitative estimate of drug-likeness (QED) is 0.818. The van der Waals surface area contributed by atoms with E-state index in [0.717, 1.165) is 12.1 Å². The SMILES string of the molecule is COCC(O)CNc1cc(F)c(Br)cc1F. The Morgan fingerprint density at radius 3 is 2.75 bits per heavy atom. The average molecular weight is 296 g/mol. The molecule has 0 radical (unpaired) electrons. The van der Waals surface area contributed by atoms with Gasteiger partial charge in [0.15, 0.2) is 0 Å². The third-order valence-corrected chi connectivity index (χ3v) is 2.50. The fourth-order valence-corrected chi connectivity index (χ4v) is 1.45. The minimum Gasteiger partial charge on any atom is -0.389 e. The molecule has 0 spiro atoms. The van der Waals surface area contributed by atoms with Crippen molar-refractivity contribution in [2.45, 2.75) is 6.10 Å². The van der Waals surface area contributed by atoms with E-state index in [2.05, 4.69) is 21.2 Å². The predicted molar refractivity (Wildman–Crippen MR) is 60.4 cm³/mol. The molecule has 1 atom stereocenters.